The predicted octanol–water partition coefficient (Wildman–Crippen LogP) is 0.871. The second kappa shape index (κ2) is 42.9. The van der Waals surface area contributed by atoms with Crippen LogP contribution in [0, 0.1) is 0 Å². The van der Waals surface area contributed by atoms with Gasteiger partial charge in [-0.3, -0.25) is 4.79 Å². The van der Waals surface area contributed by atoms with Crippen molar-refractivity contribution in [2.24, 2.45) is 0 Å². The Morgan fingerprint density at radius 2 is 0.766 bits per heavy atom. The van der Waals surface area contributed by atoms with Gasteiger partial charge < -0.3 is 62.2 Å². The van der Waals surface area contributed by atoms with Crippen molar-refractivity contribution in [2.45, 2.75) is 26.2 Å². The lowest BCUT2D eigenvalue weighted by atomic mass is 10.4. The van der Waals surface area contributed by atoms with Crippen LogP contribution in [0.2, 0.25) is 0 Å². The minimum Gasteiger partial charge on any atom is -0.379 e. The van der Waals surface area contributed by atoms with Gasteiger partial charge in [0.15, 0.2) is 6.79 Å². The zero-order valence-corrected chi connectivity index (χ0v) is 28.4. The molecule has 0 aliphatic carbocycles. The van der Waals surface area contributed by atoms with Crippen LogP contribution in [0.3, 0.4) is 0 Å². The topological polar surface area (TPSA) is 179 Å². The molecule has 0 aromatic carbocycles. The normalized spacial score (nSPS) is 11.4. The van der Waals surface area contributed by atoms with Crippen molar-refractivity contribution in [1.29, 1.82) is 0 Å². The van der Waals surface area contributed by atoms with E-state index in [0.717, 1.165) is 19.4 Å². The van der Waals surface area contributed by atoms with Crippen LogP contribution in [-0.2, 0) is 71.6 Å². The molecule has 0 saturated carbocycles. The summed E-state index contributed by atoms with van der Waals surface area (Å²) in [5, 5.41) is 14.2. The van der Waals surface area contributed by atoms with Crippen molar-refractivity contribution < 1.29 is 76.8 Å². The Morgan fingerprint density at radius 3 is 1.13 bits per heavy atom. The van der Waals surface area contributed by atoms with Gasteiger partial charge in [0.05, 0.1) is 139 Å². The number of rotatable bonds is 42. The quantitative estimate of drug-likeness (QED) is 0.0398. The number of hydrogen-bond acceptors (Lipinski definition) is 16. The molecular formula is C30H61NO16. The number of carbonyl (C=O) groups excluding carboxylic acids is 1. The van der Waals surface area contributed by atoms with Crippen molar-refractivity contribution in [1.82, 2.24) is 5.32 Å². The minimum absolute atomic E-state index is 0.0435. The molecule has 0 rings (SSSR count). The highest BCUT2D eigenvalue weighted by atomic mass is 17.5. The third-order valence-electron chi connectivity index (χ3n) is 5.51. The molecule has 0 spiro atoms. The van der Waals surface area contributed by atoms with E-state index in [4.69, 9.17) is 62.1 Å². The molecule has 0 heterocycles. The summed E-state index contributed by atoms with van der Waals surface area (Å²) in [6.07, 6.45) is 2.07. The minimum atomic E-state index is -0.172. The van der Waals surface area contributed by atoms with E-state index in [-0.39, 0.29) is 12.7 Å². The Labute approximate surface area is 279 Å². The van der Waals surface area contributed by atoms with Crippen molar-refractivity contribution >= 4 is 5.91 Å². The molecule has 47 heavy (non-hydrogen) atoms. The first-order valence-electron chi connectivity index (χ1n) is 16.4. The van der Waals surface area contributed by atoms with E-state index in [1.807, 2.05) is 0 Å². The Kier molecular flexibility index (Phi) is 41.9. The highest BCUT2D eigenvalue weighted by Gasteiger charge is 2.01. The molecule has 0 radical (unpaired) electrons. The van der Waals surface area contributed by atoms with Crippen molar-refractivity contribution in [3.63, 3.8) is 0 Å². The van der Waals surface area contributed by atoms with E-state index < -0.39 is 0 Å². The zero-order valence-electron chi connectivity index (χ0n) is 28.4. The van der Waals surface area contributed by atoms with Gasteiger partial charge in [-0.1, -0.05) is 12.0 Å². The fourth-order valence-electron chi connectivity index (χ4n) is 3.22. The highest BCUT2D eigenvalue weighted by Crippen LogP contribution is 1.89. The SMILES string of the molecule is CCCOCCOCCOCCCNC(=O)CCOCCOCCOCCOCCOCCOCCOCCOCCOCOOO. The molecule has 0 bridgehead atoms. The molecule has 1 amide bonds. The van der Waals surface area contributed by atoms with Crippen LogP contribution in [0.15, 0.2) is 0 Å². The average molecular weight is 692 g/mol. The maximum absolute atomic E-state index is 11.8. The van der Waals surface area contributed by atoms with Crippen molar-refractivity contribution in [3.8, 4) is 0 Å². The van der Waals surface area contributed by atoms with Gasteiger partial charge in [-0.15, -0.1) is 0 Å². The van der Waals surface area contributed by atoms with Gasteiger partial charge in [0.2, 0.25) is 5.91 Å². The lowest BCUT2D eigenvalue weighted by molar-refractivity contribution is -0.508. The summed E-state index contributed by atoms with van der Waals surface area (Å²) in [5.74, 6) is -0.0435. The largest absolute Gasteiger partial charge is 0.379 e. The van der Waals surface area contributed by atoms with E-state index in [2.05, 4.69) is 22.2 Å². The van der Waals surface area contributed by atoms with E-state index in [1.54, 1.807) is 0 Å². The molecule has 0 aromatic rings. The van der Waals surface area contributed by atoms with Crippen LogP contribution in [0.4, 0.5) is 0 Å². The van der Waals surface area contributed by atoms with Crippen LogP contribution < -0.4 is 5.32 Å². The monoisotopic (exact) mass is 691 g/mol. The first kappa shape index (κ1) is 45.9. The maximum atomic E-state index is 11.8. The molecule has 17 heteroatoms. The molecule has 2 N–H and O–H groups in total. The number of carbonyl (C=O) groups is 1. The number of hydrogen-bond donors (Lipinski definition) is 2. The second-order valence-corrected chi connectivity index (χ2v) is 9.41. The molecule has 0 aliphatic rings. The van der Waals surface area contributed by atoms with Gasteiger partial charge in [-0.2, -0.15) is 4.89 Å². The maximum Gasteiger partial charge on any atom is 0.222 e. The van der Waals surface area contributed by atoms with Crippen LogP contribution in [0.1, 0.15) is 26.2 Å². The van der Waals surface area contributed by atoms with Crippen LogP contribution in [-0.4, -0.2) is 176 Å². The van der Waals surface area contributed by atoms with Gasteiger partial charge in [0, 0.05) is 26.2 Å². The Morgan fingerprint density at radius 1 is 0.447 bits per heavy atom. The van der Waals surface area contributed by atoms with E-state index in [9.17, 15) is 4.79 Å². The van der Waals surface area contributed by atoms with Crippen LogP contribution >= 0.6 is 0 Å². The summed E-state index contributed by atoms with van der Waals surface area (Å²) in [6, 6.07) is 0. The average Bonchev–Trinajstić information content (AvgIpc) is 3.08. The first-order chi connectivity index (χ1) is 23.3. The fourth-order valence-corrected chi connectivity index (χ4v) is 3.22. The molecule has 0 unspecified atom stereocenters. The summed E-state index contributed by atoms with van der Waals surface area (Å²) in [5.41, 5.74) is 0. The van der Waals surface area contributed by atoms with Gasteiger partial charge in [0.25, 0.3) is 0 Å². The lowest BCUT2D eigenvalue weighted by Gasteiger charge is -2.09. The van der Waals surface area contributed by atoms with Crippen LogP contribution in [0.25, 0.3) is 0 Å². The predicted molar refractivity (Wildman–Crippen MR) is 167 cm³/mol. The number of amides is 1. The van der Waals surface area contributed by atoms with Gasteiger partial charge in [-0.05, 0) is 12.8 Å². The molecule has 0 aliphatic heterocycles. The van der Waals surface area contributed by atoms with Crippen molar-refractivity contribution in [3.05, 3.63) is 0 Å². The smallest absolute Gasteiger partial charge is 0.222 e. The molecule has 0 aromatic heterocycles. The molecule has 0 fully saturated rings. The Bertz CT molecular complexity index is 596. The Hall–Kier alpha value is -1.13. The molecule has 0 saturated heterocycles. The third-order valence-corrected chi connectivity index (χ3v) is 5.51. The Balaban J connectivity index is 3.12. The first-order valence-corrected chi connectivity index (χ1v) is 16.4. The summed E-state index contributed by atoms with van der Waals surface area (Å²) < 4.78 is 64.4. The fraction of sp³-hybridized carbons (Fsp3) is 0.967. The van der Waals surface area contributed by atoms with Gasteiger partial charge >= 0.3 is 0 Å². The van der Waals surface area contributed by atoms with Crippen molar-refractivity contribution in [2.75, 3.05) is 165 Å². The zero-order chi connectivity index (χ0) is 34.0. The van der Waals surface area contributed by atoms with E-state index in [1.165, 1.54) is 0 Å². The van der Waals surface area contributed by atoms with Gasteiger partial charge in [0.1, 0.15) is 0 Å². The second-order valence-electron chi connectivity index (χ2n) is 9.41. The summed E-state index contributed by atoms with van der Waals surface area (Å²) >= 11 is 0. The highest BCUT2D eigenvalue weighted by molar-refractivity contribution is 5.75. The molecule has 0 atom stereocenters. The lowest BCUT2D eigenvalue weighted by Crippen LogP contribution is -2.26. The van der Waals surface area contributed by atoms with E-state index >= 15 is 0 Å². The summed E-state index contributed by atoms with van der Waals surface area (Å²) in [7, 11) is 0. The van der Waals surface area contributed by atoms with Crippen LogP contribution in [0.5, 0.6) is 0 Å². The summed E-state index contributed by atoms with van der Waals surface area (Å²) in [6.45, 7) is 13.6. The molecular weight excluding hydrogens is 630 g/mol. The number of nitrogens with one attached hydrogen (secondary N) is 1. The molecule has 17 nitrogen and oxygen atoms in total. The summed E-state index contributed by atoms with van der Waals surface area (Å²) in [4.78, 5) is 15.9. The van der Waals surface area contributed by atoms with E-state index in [0.29, 0.717) is 158 Å². The molecule has 282 valence electrons. The number of ether oxygens (including phenoxy) is 12. The van der Waals surface area contributed by atoms with Gasteiger partial charge in [-0.25, -0.2) is 5.26 Å². The standard InChI is InChI=1S/C30H61NO16/c1-2-6-34-9-12-37-13-10-35-7-3-5-31-30(32)4-8-36-11-14-38-15-16-39-17-18-40-19-20-41-21-22-42-23-24-43-25-26-44-27-28-45-29-46-47-33/h33H,2-29H2,1H3,(H,31,32). The third kappa shape index (κ3) is 42.8.